The third-order valence-electron chi connectivity index (χ3n) is 4.14. The van der Waals surface area contributed by atoms with Crippen LogP contribution in [0.4, 0.5) is 0 Å². The smallest absolute Gasteiger partial charge is 0.303 e. The van der Waals surface area contributed by atoms with E-state index in [0.29, 0.717) is 0 Å². The molecule has 1 heterocycles. The maximum absolute atomic E-state index is 11.8. The van der Waals surface area contributed by atoms with E-state index in [1.54, 1.807) is 0 Å². The minimum atomic E-state index is -1.25. The van der Waals surface area contributed by atoms with Gasteiger partial charge < -0.3 is 34.1 Å². The maximum Gasteiger partial charge on any atom is 0.303 e. The summed E-state index contributed by atoms with van der Waals surface area (Å²) in [5.41, 5.74) is 0. The van der Waals surface area contributed by atoms with E-state index in [1.807, 2.05) is 0 Å². The third-order valence-corrected chi connectivity index (χ3v) is 4.14. The Balaban J connectivity index is 2.44. The summed E-state index contributed by atoms with van der Waals surface area (Å²) in [6.07, 6.45) is -4.75. The molecule has 2 rings (SSSR count). The Bertz CT molecular complexity index is 826. The van der Waals surface area contributed by atoms with Crippen molar-refractivity contribution in [2.24, 2.45) is 0 Å². The SMILES string of the molecule is CC(=O)N[C@H]1[C@H](Oc2cccc(O)c2)O[C@H](COC(C)=O)[C@@H](OC(C)=O)[C@@H]1OC(C)=O. The van der Waals surface area contributed by atoms with Crippen molar-refractivity contribution < 1.29 is 48.0 Å². The van der Waals surface area contributed by atoms with E-state index in [-0.39, 0.29) is 18.1 Å². The Hall–Kier alpha value is -3.34. The van der Waals surface area contributed by atoms with Gasteiger partial charge in [-0.15, -0.1) is 0 Å². The van der Waals surface area contributed by atoms with Gasteiger partial charge in [0, 0.05) is 33.8 Å². The lowest BCUT2D eigenvalue weighted by Gasteiger charge is -2.44. The number of hydrogen-bond donors (Lipinski definition) is 2. The summed E-state index contributed by atoms with van der Waals surface area (Å²) in [7, 11) is 0. The quantitative estimate of drug-likeness (QED) is 0.453. The molecule has 11 heteroatoms. The fraction of sp³-hybridized carbons (Fsp3) is 0.500. The number of amides is 1. The number of hydrogen-bond acceptors (Lipinski definition) is 10. The molecular formula is C20H25NO10. The highest BCUT2D eigenvalue weighted by Gasteiger charge is 2.51. The minimum Gasteiger partial charge on any atom is -0.508 e. The number of nitrogens with one attached hydrogen (secondary N) is 1. The number of carbonyl (C=O) groups is 4. The van der Waals surface area contributed by atoms with E-state index in [2.05, 4.69) is 5.32 Å². The van der Waals surface area contributed by atoms with Gasteiger partial charge in [-0.25, -0.2) is 0 Å². The van der Waals surface area contributed by atoms with E-state index in [0.717, 1.165) is 13.8 Å². The molecule has 1 aromatic carbocycles. The van der Waals surface area contributed by atoms with Crippen molar-refractivity contribution >= 4 is 23.8 Å². The molecule has 1 saturated heterocycles. The molecule has 1 aliphatic heterocycles. The first-order valence-electron chi connectivity index (χ1n) is 9.43. The van der Waals surface area contributed by atoms with Gasteiger partial charge >= 0.3 is 17.9 Å². The van der Waals surface area contributed by atoms with Crippen molar-refractivity contribution in [2.75, 3.05) is 6.61 Å². The third kappa shape index (κ3) is 7.14. The van der Waals surface area contributed by atoms with Crippen LogP contribution in [0.2, 0.25) is 0 Å². The molecule has 0 bridgehead atoms. The molecular weight excluding hydrogens is 414 g/mol. The number of phenolic OH excluding ortho intramolecular Hbond substituents is 1. The molecule has 5 atom stereocenters. The molecule has 11 nitrogen and oxygen atoms in total. The Morgan fingerprint density at radius 1 is 1.00 bits per heavy atom. The zero-order valence-electron chi connectivity index (χ0n) is 17.5. The topological polar surface area (TPSA) is 147 Å². The fourth-order valence-corrected chi connectivity index (χ4v) is 3.08. The van der Waals surface area contributed by atoms with Crippen LogP contribution in [0.15, 0.2) is 24.3 Å². The van der Waals surface area contributed by atoms with Crippen LogP contribution in [0, 0.1) is 0 Å². The Morgan fingerprint density at radius 2 is 1.65 bits per heavy atom. The molecule has 1 amide bonds. The van der Waals surface area contributed by atoms with Crippen LogP contribution in [-0.4, -0.2) is 66.2 Å². The molecule has 0 spiro atoms. The second-order valence-corrected chi connectivity index (χ2v) is 6.84. The van der Waals surface area contributed by atoms with Gasteiger partial charge in [0.05, 0.1) is 0 Å². The van der Waals surface area contributed by atoms with Gasteiger partial charge in [-0.3, -0.25) is 19.2 Å². The Morgan fingerprint density at radius 3 is 2.19 bits per heavy atom. The number of aromatic hydroxyl groups is 1. The fourth-order valence-electron chi connectivity index (χ4n) is 3.08. The van der Waals surface area contributed by atoms with Crippen LogP contribution in [-0.2, 0) is 38.1 Å². The van der Waals surface area contributed by atoms with Crippen molar-refractivity contribution in [1.29, 1.82) is 0 Å². The van der Waals surface area contributed by atoms with E-state index < -0.39 is 54.5 Å². The van der Waals surface area contributed by atoms with Gasteiger partial charge in [0.15, 0.2) is 12.2 Å². The second-order valence-electron chi connectivity index (χ2n) is 6.84. The minimum absolute atomic E-state index is 0.0739. The number of esters is 3. The predicted octanol–water partition coefficient (Wildman–Crippen LogP) is 0.427. The summed E-state index contributed by atoms with van der Waals surface area (Å²) >= 11 is 0. The van der Waals surface area contributed by atoms with Crippen molar-refractivity contribution in [1.82, 2.24) is 5.32 Å². The summed E-state index contributed by atoms with van der Waals surface area (Å²) in [5, 5.41) is 12.3. The molecule has 0 aromatic heterocycles. The number of phenols is 1. The van der Waals surface area contributed by atoms with Gasteiger partial charge in [0.25, 0.3) is 0 Å². The Kier molecular flexibility index (Phi) is 8.20. The molecule has 0 unspecified atom stereocenters. The van der Waals surface area contributed by atoms with Gasteiger partial charge in [-0.1, -0.05) is 6.07 Å². The molecule has 0 saturated carbocycles. The molecule has 31 heavy (non-hydrogen) atoms. The second kappa shape index (κ2) is 10.6. The van der Waals surface area contributed by atoms with Crippen molar-refractivity contribution in [2.45, 2.75) is 58.3 Å². The van der Waals surface area contributed by atoms with Gasteiger partial charge in [-0.2, -0.15) is 0 Å². The normalized spacial score (nSPS) is 25.1. The van der Waals surface area contributed by atoms with E-state index in [9.17, 15) is 24.3 Å². The zero-order valence-corrected chi connectivity index (χ0v) is 17.5. The average molecular weight is 439 g/mol. The molecule has 1 fully saturated rings. The first-order valence-corrected chi connectivity index (χ1v) is 9.43. The predicted molar refractivity (Wildman–Crippen MR) is 103 cm³/mol. The van der Waals surface area contributed by atoms with Crippen LogP contribution in [0.3, 0.4) is 0 Å². The first-order chi connectivity index (χ1) is 14.6. The summed E-state index contributed by atoms with van der Waals surface area (Å²) < 4.78 is 27.3. The molecule has 2 N–H and O–H groups in total. The van der Waals surface area contributed by atoms with E-state index in [1.165, 1.54) is 38.1 Å². The lowest BCUT2D eigenvalue weighted by Crippen LogP contribution is -2.67. The number of ether oxygens (including phenoxy) is 5. The van der Waals surface area contributed by atoms with Crippen molar-refractivity contribution in [3.05, 3.63) is 24.3 Å². The summed E-state index contributed by atoms with van der Waals surface area (Å²) in [6.45, 7) is 4.39. The maximum atomic E-state index is 11.8. The van der Waals surface area contributed by atoms with Crippen LogP contribution < -0.4 is 10.1 Å². The summed E-state index contributed by atoms with van der Waals surface area (Å²) in [4.78, 5) is 46.6. The van der Waals surface area contributed by atoms with E-state index >= 15 is 0 Å². The van der Waals surface area contributed by atoms with Gasteiger partial charge in [0.2, 0.25) is 12.2 Å². The van der Waals surface area contributed by atoms with Crippen LogP contribution >= 0.6 is 0 Å². The molecule has 0 radical (unpaired) electrons. The standard InChI is InChI=1S/C20H25NO10/c1-10(22)21-17-19(29-13(4)25)18(28-12(3)24)16(9-27-11(2)23)31-20(17)30-15-7-5-6-14(26)8-15/h5-8,16-20,26H,9H2,1-4H3,(H,21,22)/t16-,17-,18-,19-,20-/m1/s1. The van der Waals surface area contributed by atoms with Crippen LogP contribution in [0.5, 0.6) is 11.5 Å². The molecule has 1 aliphatic rings. The summed E-state index contributed by atoms with van der Waals surface area (Å²) in [6, 6.07) is 4.72. The van der Waals surface area contributed by atoms with Gasteiger partial charge in [0.1, 0.15) is 30.3 Å². The average Bonchev–Trinajstić information content (AvgIpc) is 2.64. The number of carbonyl (C=O) groups excluding carboxylic acids is 4. The monoisotopic (exact) mass is 439 g/mol. The van der Waals surface area contributed by atoms with Gasteiger partial charge in [-0.05, 0) is 12.1 Å². The van der Waals surface area contributed by atoms with Crippen molar-refractivity contribution in [3.63, 3.8) is 0 Å². The molecule has 1 aromatic rings. The highest BCUT2D eigenvalue weighted by molar-refractivity contribution is 5.73. The lowest BCUT2D eigenvalue weighted by atomic mass is 9.96. The highest BCUT2D eigenvalue weighted by atomic mass is 16.7. The van der Waals surface area contributed by atoms with Crippen LogP contribution in [0.1, 0.15) is 27.7 Å². The zero-order chi connectivity index (χ0) is 23.1. The lowest BCUT2D eigenvalue weighted by molar-refractivity contribution is -0.257. The molecule has 0 aliphatic carbocycles. The number of rotatable bonds is 7. The number of benzene rings is 1. The Labute approximate surface area is 178 Å². The highest BCUT2D eigenvalue weighted by Crippen LogP contribution is 2.30. The van der Waals surface area contributed by atoms with E-state index in [4.69, 9.17) is 23.7 Å². The van der Waals surface area contributed by atoms with Crippen LogP contribution in [0.25, 0.3) is 0 Å². The van der Waals surface area contributed by atoms with Crippen molar-refractivity contribution in [3.8, 4) is 11.5 Å². The first kappa shape index (κ1) is 23.9. The summed E-state index contributed by atoms with van der Waals surface area (Å²) in [5.74, 6) is -2.39. The largest absolute Gasteiger partial charge is 0.508 e. The molecule has 170 valence electrons.